The monoisotopic (exact) mass is 198 g/mol. The smallest absolute Gasteiger partial charge is 0.119 e. The summed E-state index contributed by atoms with van der Waals surface area (Å²) in [5.41, 5.74) is 7.07. The van der Waals surface area contributed by atoms with Crippen LogP contribution in [-0.2, 0) is 17.8 Å². The molecule has 0 saturated carbocycles. The molecule has 1 aliphatic rings. The Morgan fingerprint density at radius 1 is 1.69 bits per heavy atom. The number of aryl methyl sites for hydroxylation is 1. The Hall–Kier alpha value is -0.450. The zero-order chi connectivity index (χ0) is 9.26. The van der Waals surface area contributed by atoms with E-state index in [0.29, 0.717) is 6.61 Å². The molecule has 1 heterocycles. The summed E-state index contributed by atoms with van der Waals surface area (Å²) >= 11 is 1.75. The Morgan fingerprint density at radius 2 is 2.54 bits per heavy atom. The van der Waals surface area contributed by atoms with Crippen molar-refractivity contribution in [3.63, 3.8) is 0 Å². The van der Waals surface area contributed by atoms with Gasteiger partial charge in [-0.05, 0) is 19.3 Å². The van der Waals surface area contributed by atoms with E-state index in [1.165, 1.54) is 11.3 Å². The van der Waals surface area contributed by atoms with Crippen LogP contribution < -0.4 is 5.73 Å². The second-order valence-corrected chi connectivity index (χ2v) is 4.52. The van der Waals surface area contributed by atoms with Gasteiger partial charge in [0.1, 0.15) is 5.01 Å². The van der Waals surface area contributed by atoms with Crippen molar-refractivity contribution in [3.05, 3.63) is 15.6 Å². The molecule has 0 bridgehead atoms. The molecule has 1 unspecified atom stereocenters. The van der Waals surface area contributed by atoms with Crippen LogP contribution in [0.1, 0.15) is 34.5 Å². The van der Waals surface area contributed by atoms with Crippen LogP contribution in [-0.4, -0.2) is 12.1 Å². The van der Waals surface area contributed by atoms with Crippen molar-refractivity contribution in [1.29, 1.82) is 0 Å². The molecule has 13 heavy (non-hydrogen) atoms. The van der Waals surface area contributed by atoms with Gasteiger partial charge in [-0.25, -0.2) is 4.98 Å². The zero-order valence-corrected chi connectivity index (χ0v) is 8.56. The molecule has 2 rings (SSSR count). The summed E-state index contributed by atoms with van der Waals surface area (Å²) in [5.74, 6) is 0. The van der Waals surface area contributed by atoms with Crippen LogP contribution in [0.2, 0.25) is 0 Å². The second kappa shape index (κ2) is 3.74. The van der Waals surface area contributed by atoms with E-state index in [-0.39, 0.29) is 6.04 Å². The predicted molar refractivity (Wildman–Crippen MR) is 52.7 cm³/mol. The number of fused-ring (bicyclic) bond motifs is 1. The molecule has 4 heteroatoms. The Labute approximate surface area is 81.9 Å². The van der Waals surface area contributed by atoms with Crippen LogP contribution in [0.3, 0.4) is 0 Å². The van der Waals surface area contributed by atoms with E-state index in [1.54, 1.807) is 18.4 Å². The number of thiazole rings is 1. The normalized spacial score (nSPS) is 21.5. The Balaban J connectivity index is 2.25. The van der Waals surface area contributed by atoms with Gasteiger partial charge in [0.2, 0.25) is 0 Å². The molecule has 0 spiro atoms. The molecule has 1 aliphatic carbocycles. The van der Waals surface area contributed by atoms with Crippen molar-refractivity contribution in [1.82, 2.24) is 4.98 Å². The van der Waals surface area contributed by atoms with Crippen molar-refractivity contribution < 1.29 is 4.74 Å². The summed E-state index contributed by atoms with van der Waals surface area (Å²) in [5, 5.41) is 1.06. The largest absolute Gasteiger partial charge is 0.378 e. The van der Waals surface area contributed by atoms with Gasteiger partial charge in [0.05, 0.1) is 12.3 Å². The van der Waals surface area contributed by atoms with Gasteiger partial charge in [0.25, 0.3) is 0 Å². The average molecular weight is 198 g/mol. The maximum Gasteiger partial charge on any atom is 0.119 e. The van der Waals surface area contributed by atoms with Gasteiger partial charge in [-0.1, -0.05) is 0 Å². The van der Waals surface area contributed by atoms with Gasteiger partial charge in [0, 0.05) is 18.0 Å². The number of hydrogen-bond acceptors (Lipinski definition) is 4. The number of hydrogen-bond donors (Lipinski definition) is 1. The topological polar surface area (TPSA) is 48.1 Å². The number of rotatable bonds is 2. The lowest BCUT2D eigenvalue weighted by atomic mass is 9.99. The van der Waals surface area contributed by atoms with Crippen molar-refractivity contribution in [2.24, 2.45) is 5.73 Å². The molecule has 0 aromatic carbocycles. The lowest BCUT2D eigenvalue weighted by Crippen LogP contribution is -2.16. The van der Waals surface area contributed by atoms with Gasteiger partial charge in [-0.2, -0.15) is 0 Å². The first kappa shape index (κ1) is 9.12. The number of methoxy groups -OCH3 is 1. The van der Waals surface area contributed by atoms with Crippen LogP contribution in [0, 0.1) is 0 Å². The molecule has 3 nitrogen and oxygen atoms in total. The molecule has 0 aliphatic heterocycles. The first-order valence-electron chi connectivity index (χ1n) is 4.54. The highest BCUT2D eigenvalue weighted by Crippen LogP contribution is 2.31. The second-order valence-electron chi connectivity index (χ2n) is 3.35. The van der Waals surface area contributed by atoms with Crippen molar-refractivity contribution in [2.45, 2.75) is 31.9 Å². The molecular formula is C9H14N2OS. The van der Waals surface area contributed by atoms with Crippen LogP contribution in [0.4, 0.5) is 0 Å². The summed E-state index contributed by atoms with van der Waals surface area (Å²) in [6, 6.07) is 0.158. The summed E-state index contributed by atoms with van der Waals surface area (Å²) < 4.78 is 5.05. The number of nitrogens with zero attached hydrogens (tertiary/aromatic N) is 1. The first-order chi connectivity index (χ1) is 6.31. The summed E-state index contributed by atoms with van der Waals surface area (Å²) in [4.78, 5) is 5.86. The van der Waals surface area contributed by atoms with Crippen LogP contribution in [0.15, 0.2) is 0 Å². The maximum atomic E-state index is 5.96. The maximum absolute atomic E-state index is 5.96. The zero-order valence-electron chi connectivity index (χ0n) is 7.75. The van der Waals surface area contributed by atoms with E-state index in [0.717, 1.165) is 23.5 Å². The van der Waals surface area contributed by atoms with E-state index in [1.807, 2.05) is 0 Å². The van der Waals surface area contributed by atoms with E-state index in [2.05, 4.69) is 4.98 Å². The Bertz CT molecular complexity index is 298. The molecule has 1 aromatic rings. The van der Waals surface area contributed by atoms with Gasteiger partial charge >= 0.3 is 0 Å². The Morgan fingerprint density at radius 3 is 3.23 bits per heavy atom. The molecule has 1 aromatic heterocycles. The minimum Gasteiger partial charge on any atom is -0.378 e. The van der Waals surface area contributed by atoms with Crippen LogP contribution >= 0.6 is 11.3 Å². The molecule has 0 radical (unpaired) electrons. The highest BCUT2D eigenvalue weighted by molar-refractivity contribution is 7.11. The highest BCUT2D eigenvalue weighted by atomic mass is 32.1. The lowest BCUT2D eigenvalue weighted by molar-refractivity contribution is 0.184. The molecule has 1 atom stereocenters. The Kier molecular flexibility index (Phi) is 2.62. The van der Waals surface area contributed by atoms with E-state index < -0.39 is 0 Å². The van der Waals surface area contributed by atoms with Gasteiger partial charge in [-0.15, -0.1) is 11.3 Å². The summed E-state index contributed by atoms with van der Waals surface area (Å²) in [7, 11) is 1.69. The van der Waals surface area contributed by atoms with Gasteiger partial charge < -0.3 is 10.5 Å². The molecule has 0 saturated heterocycles. The van der Waals surface area contributed by atoms with Crippen LogP contribution in [0.25, 0.3) is 0 Å². The summed E-state index contributed by atoms with van der Waals surface area (Å²) in [6.45, 7) is 0.615. The van der Waals surface area contributed by atoms with Crippen molar-refractivity contribution in [3.8, 4) is 0 Å². The van der Waals surface area contributed by atoms with E-state index >= 15 is 0 Å². The molecule has 2 N–H and O–H groups in total. The third-order valence-corrected chi connectivity index (χ3v) is 3.41. The van der Waals surface area contributed by atoms with Crippen molar-refractivity contribution in [2.75, 3.05) is 7.11 Å². The lowest BCUT2D eigenvalue weighted by Gasteiger charge is -2.15. The van der Waals surface area contributed by atoms with Crippen molar-refractivity contribution >= 4 is 11.3 Å². The SMILES string of the molecule is COCc1nc2c(s1)CCCC2N. The van der Waals surface area contributed by atoms with Crippen LogP contribution in [0.5, 0.6) is 0 Å². The van der Waals surface area contributed by atoms with Gasteiger partial charge in [-0.3, -0.25) is 0 Å². The minimum absolute atomic E-state index is 0.158. The summed E-state index contributed by atoms with van der Waals surface area (Å²) in [6.07, 6.45) is 3.41. The highest BCUT2D eigenvalue weighted by Gasteiger charge is 2.21. The third-order valence-electron chi connectivity index (χ3n) is 2.31. The molecule has 0 amide bonds. The predicted octanol–water partition coefficient (Wildman–Crippen LogP) is 1.63. The molecular weight excluding hydrogens is 184 g/mol. The third kappa shape index (κ3) is 1.75. The average Bonchev–Trinajstić information content (AvgIpc) is 2.49. The fraction of sp³-hybridized carbons (Fsp3) is 0.667. The first-order valence-corrected chi connectivity index (χ1v) is 5.36. The molecule has 0 fully saturated rings. The molecule has 72 valence electrons. The minimum atomic E-state index is 0.158. The fourth-order valence-electron chi connectivity index (χ4n) is 1.69. The standard InChI is InChI=1S/C9H14N2OS/c1-12-5-8-11-9-6(10)3-2-4-7(9)13-8/h6H,2-5,10H2,1H3. The van der Waals surface area contributed by atoms with E-state index in [9.17, 15) is 0 Å². The number of nitrogens with two attached hydrogens (primary N) is 1. The number of aromatic nitrogens is 1. The number of ether oxygens (including phenoxy) is 1. The fourth-order valence-corrected chi connectivity index (χ4v) is 2.84. The van der Waals surface area contributed by atoms with Gasteiger partial charge in [0.15, 0.2) is 0 Å². The van der Waals surface area contributed by atoms with E-state index in [4.69, 9.17) is 10.5 Å². The quantitative estimate of drug-likeness (QED) is 0.785.